The van der Waals surface area contributed by atoms with Crippen LogP contribution in [0, 0.1) is 0 Å². The largest absolute Gasteiger partial charge is 0.492 e. The van der Waals surface area contributed by atoms with Crippen molar-refractivity contribution in [3.05, 3.63) is 34.3 Å². The number of nitrogens with zero attached hydrogens (tertiary/aromatic N) is 2. The molecule has 0 aliphatic carbocycles. The van der Waals surface area contributed by atoms with E-state index < -0.39 is 15.6 Å². The van der Waals surface area contributed by atoms with Crippen LogP contribution in [0.4, 0.5) is 5.13 Å². The Labute approximate surface area is 181 Å². The number of likely N-dealkylation sites (N-methyl/N-ethyl adjacent to an activating group) is 1. The van der Waals surface area contributed by atoms with Crippen LogP contribution < -0.4 is 9.46 Å². The molecule has 0 fully saturated rings. The topological polar surface area (TPSA) is 91.8 Å². The van der Waals surface area contributed by atoms with E-state index in [2.05, 4.69) is 9.71 Å². The fourth-order valence-corrected chi connectivity index (χ4v) is 4.88. The SMILES string of the molecule is CCC(O)(CC)Cc1csc(NS(=O)(=O)c2cc(Cl)cc(OCCN(C)C)c2)n1. The number of ether oxygens (including phenoxy) is 1. The maximum atomic E-state index is 12.8. The Morgan fingerprint density at radius 2 is 1.97 bits per heavy atom. The summed E-state index contributed by atoms with van der Waals surface area (Å²) in [4.78, 5) is 6.27. The van der Waals surface area contributed by atoms with Gasteiger partial charge in [0.15, 0.2) is 5.13 Å². The summed E-state index contributed by atoms with van der Waals surface area (Å²) in [6, 6.07) is 4.38. The molecule has 2 aromatic rings. The van der Waals surface area contributed by atoms with Crippen LogP contribution >= 0.6 is 22.9 Å². The quantitative estimate of drug-likeness (QED) is 0.531. The molecule has 0 unspecified atom stereocenters. The van der Waals surface area contributed by atoms with Gasteiger partial charge in [0.05, 0.1) is 16.2 Å². The Morgan fingerprint density at radius 1 is 1.28 bits per heavy atom. The molecule has 1 aromatic carbocycles. The third-order valence-corrected chi connectivity index (χ3v) is 7.03. The summed E-state index contributed by atoms with van der Waals surface area (Å²) in [6.45, 7) is 4.93. The minimum absolute atomic E-state index is 0.000208. The van der Waals surface area contributed by atoms with Crippen molar-refractivity contribution >= 4 is 38.1 Å². The molecule has 0 atom stereocenters. The van der Waals surface area contributed by atoms with Crippen LogP contribution in [0.1, 0.15) is 32.4 Å². The van der Waals surface area contributed by atoms with E-state index in [1.165, 1.54) is 23.5 Å². The van der Waals surface area contributed by atoms with E-state index in [1.54, 1.807) is 11.4 Å². The monoisotopic (exact) mass is 461 g/mol. The molecule has 0 saturated carbocycles. The molecule has 0 bridgehead atoms. The number of rotatable bonds is 11. The highest BCUT2D eigenvalue weighted by Crippen LogP contribution is 2.28. The highest BCUT2D eigenvalue weighted by molar-refractivity contribution is 7.93. The number of thiazole rings is 1. The van der Waals surface area contributed by atoms with Crippen LogP contribution in [0.5, 0.6) is 5.75 Å². The number of anilines is 1. The molecule has 7 nitrogen and oxygen atoms in total. The third-order valence-electron chi connectivity index (χ3n) is 4.56. The Balaban J connectivity index is 2.14. The highest BCUT2D eigenvalue weighted by atomic mass is 35.5. The van der Waals surface area contributed by atoms with Gasteiger partial charge in [-0.25, -0.2) is 13.4 Å². The molecular weight excluding hydrogens is 434 g/mol. The summed E-state index contributed by atoms with van der Waals surface area (Å²) in [6.07, 6.45) is 1.57. The molecule has 2 rings (SSSR count). The van der Waals surface area contributed by atoms with Gasteiger partial charge in [-0.1, -0.05) is 25.4 Å². The molecule has 0 saturated heterocycles. The summed E-state index contributed by atoms with van der Waals surface area (Å²) < 4.78 is 33.6. The molecule has 0 aliphatic rings. The second kappa shape index (κ2) is 10.1. The molecule has 162 valence electrons. The van der Waals surface area contributed by atoms with Crippen molar-refractivity contribution in [2.45, 2.75) is 43.6 Å². The number of nitrogens with one attached hydrogen (secondary N) is 1. The van der Waals surface area contributed by atoms with Gasteiger partial charge in [0, 0.05) is 29.4 Å². The molecule has 1 aromatic heterocycles. The average molecular weight is 462 g/mol. The first kappa shape index (κ1) is 23.9. The zero-order valence-corrected chi connectivity index (χ0v) is 19.5. The van der Waals surface area contributed by atoms with Crippen LogP contribution in [-0.4, -0.2) is 56.3 Å². The van der Waals surface area contributed by atoms with Crippen LogP contribution in [-0.2, 0) is 16.4 Å². The maximum Gasteiger partial charge on any atom is 0.263 e. The van der Waals surface area contributed by atoms with Gasteiger partial charge >= 0.3 is 0 Å². The predicted molar refractivity (Wildman–Crippen MR) is 118 cm³/mol. The number of hydrogen-bond donors (Lipinski definition) is 2. The number of halogens is 1. The van der Waals surface area contributed by atoms with E-state index in [0.29, 0.717) is 43.9 Å². The number of aliphatic hydroxyl groups is 1. The highest BCUT2D eigenvalue weighted by Gasteiger charge is 2.25. The van der Waals surface area contributed by atoms with Crippen LogP contribution in [0.3, 0.4) is 0 Å². The van der Waals surface area contributed by atoms with Crippen molar-refractivity contribution in [3.8, 4) is 5.75 Å². The lowest BCUT2D eigenvalue weighted by molar-refractivity contribution is 0.0319. The van der Waals surface area contributed by atoms with Gasteiger partial charge < -0.3 is 14.7 Å². The number of sulfonamides is 1. The van der Waals surface area contributed by atoms with Crippen molar-refractivity contribution in [3.63, 3.8) is 0 Å². The second-order valence-electron chi connectivity index (χ2n) is 7.13. The smallest absolute Gasteiger partial charge is 0.263 e. The fourth-order valence-electron chi connectivity index (χ4n) is 2.57. The first-order valence-corrected chi connectivity index (χ1v) is 12.1. The molecule has 0 aliphatic heterocycles. The van der Waals surface area contributed by atoms with Crippen molar-refractivity contribution in [2.75, 3.05) is 32.0 Å². The van der Waals surface area contributed by atoms with Gasteiger partial charge in [-0.05, 0) is 39.1 Å². The van der Waals surface area contributed by atoms with Crippen molar-refractivity contribution < 1.29 is 18.3 Å². The van der Waals surface area contributed by atoms with Gasteiger partial charge in [0.2, 0.25) is 0 Å². The number of hydrogen-bond acceptors (Lipinski definition) is 7. The van der Waals surface area contributed by atoms with E-state index >= 15 is 0 Å². The fraction of sp³-hybridized carbons (Fsp3) is 0.526. The number of aromatic nitrogens is 1. The van der Waals surface area contributed by atoms with Gasteiger partial charge in [-0.15, -0.1) is 11.3 Å². The molecular formula is C19H28ClN3O4S2. The molecule has 29 heavy (non-hydrogen) atoms. The molecule has 0 spiro atoms. The summed E-state index contributed by atoms with van der Waals surface area (Å²) >= 11 is 7.26. The van der Waals surface area contributed by atoms with Crippen molar-refractivity contribution in [1.29, 1.82) is 0 Å². The molecule has 2 N–H and O–H groups in total. The Hall–Kier alpha value is -1.39. The average Bonchev–Trinajstić information content (AvgIpc) is 3.06. The second-order valence-corrected chi connectivity index (χ2v) is 10.1. The van der Waals surface area contributed by atoms with E-state index in [9.17, 15) is 13.5 Å². The standard InChI is InChI=1S/C19H28ClN3O4S2/c1-5-19(24,6-2)12-15-13-28-18(21-15)22-29(25,26)17-10-14(20)9-16(11-17)27-8-7-23(3)4/h9-11,13,24H,5-8,12H2,1-4H3,(H,21,22). The summed E-state index contributed by atoms with van der Waals surface area (Å²) in [5, 5.41) is 12.7. The minimum atomic E-state index is -3.88. The van der Waals surface area contributed by atoms with E-state index in [4.69, 9.17) is 16.3 Å². The first-order chi connectivity index (χ1) is 13.6. The Bertz CT molecular complexity index is 912. The van der Waals surface area contributed by atoms with Crippen molar-refractivity contribution in [1.82, 2.24) is 9.88 Å². The summed E-state index contributed by atoms with van der Waals surface area (Å²) in [7, 11) is -0.0368. The zero-order valence-electron chi connectivity index (χ0n) is 17.1. The molecule has 0 radical (unpaired) electrons. The number of benzene rings is 1. The lowest BCUT2D eigenvalue weighted by Crippen LogP contribution is -2.29. The predicted octanol–water partition coefficient (Wildman–Crippen LogP) is 3.63. The lowest BCUT2D eigenvalue weighted by atomic mass is 9.92. The van der Waals surface area contributed by atoms with E-state index in [-0.39, 0.29) is 15.0 Å². The van der Waals surface area contributed by atoms with E-state index in [1.807, 2.05) is 32.8 Å². The van der Waals surface area contributed by atoms with Crippen LogP contribution in [0.2, 0.25) is 5.02 Å². The Kier molecular flexibility index (Phi) is 8.30. The molecule has 1 heterocycles. The van der Waals surface area contributed by atoms with E-state index in [0.717, 1.165) is 0 Å². The van der Waals surface area contributed by atoms with Gasteiger partial charge in [-0.2, -0.15) is 0 Å². The van der Waals surface area contributed by atoms with Crippen molar-refractivity contribution in [2.24, 2.45) is 0 Å². The molecule has 0 amide bonds. The Morgan fingerprint density at radius 3 is 2.59 bits per heavy atom. The normalized spacial score (nSPS) is 12.4. The van der Waals surface area contributed by atoms with Crippen LogP contribution in [0.25, 0.3) is 0 Å². The van der Waals surface area contributed by atoms with Gasteiger partial charge in [-0.3, -0.25) is 4.72 Å². The maximum absolute atomic E-state index is 12.8. The van der Waals surface area contributed by atoms with Gasteiger partial charge in [0.1, 0.15) is 12.4 Å². The zero-order chi connectivity index (χ0) is 21.7. The molecule has 10 heteroatoms. The summed E-state index contributed by atoms with van der Waals surface area (Å²) in [5.41, 5.74) is -0.187. The van der Waals surface area contributed by atoms with Crippen LogP contribution in [0.15, 0.2) is 28.5 Å². The lowest BCUT2D eigenvalue weighted by Gasteiger charge is -2.23. The van der Waals surface area contributed by atoms with Gasteiger partial charge in [0.25, 0.3) is 10.0 Å². The first-order valence-electron chi connectivity index (χ1n) is 9.34. The minimum Gasteiger partial charge on any atom is -0.492 e. The summed E-state index contributed by atoms with van der Waals surface area (Å²) in [5.74, 6) is 0.385. The third kappa shape index (κ3) is 7.11.